The standard InChI is InChI=1S/C11H16N2O4S.ClH/c1-8(7-12)13-18(15,16)10-6-4-3-5-9(10)11(14)17-2;/h3-6,8,13H,7,12H2,1-2H3;1H/t8-;/m1./s1. The van der Waals surface area contributed by atoms with Crippen LogP contribution in [0.15, 0.2) is 29.2 Å². The molecule has 0 spiro atoms. The first-order valence-electron chi connectivity index (χ1n) is 5.32. The smallest absolute Gasteiger partial charge is 0.339 e. The number of carbonyl (C=O) groups excluding carboxylic acids is 1. The number of carbonyl (C=O) groups is 1. The monoisotopic (exact) mass is 308 g/mol. The molecule has 0 heterocycles. The molecule has 0 amide bonds. The molecule has 3 N–H and O–H groups in total. The van der Waals surface area contributed by atoms with E-state index in [0.717, 1.165) is 0 Å². The molecule has 1 rings (SSSR count). The Morgan fingerprint density at radius 1 is 1.42 bits per heavy atom. The topological polar surface area (TPSA) is 98.5 Å². The zero-order chi connectivity index (χ0) is 13.8. The highest BCUT2D eigenvalue weighted by Crippen LogP contribution is 2.16. The zero-order valence-corrected chi connectivity index (χ0v) is 12.3. The van der Waals surface area contributed by atoms with Gasteiger partial charge in [-0.1, -0.05) is 12.1 Å². The Kier molecular flexibility index (Phi) is 6.99. The Morgan fingerprint density at radius 2 is 2.00 bits per heavy atom. The van der Waals surface area contributed by atoms with Gasteiger partial charge in [-0.2, -0.15) is 0 Å². The highest BCUT2D eigenvalue weighted by molar-refractivity contribution is 7.89. The fraction of sp³-hybridized carbons (Fsp3) is 0.364. The fourth-order valence-electron chi connectivity index (χ4n) is 1.36. The molecule has 1 aromatic carbocycles. The molecule has 6 nitrogen and oxygen atoms in total. The number of nitrogens with one attached hydrogen (secondary N) is 1. The zero-order valence-electron chi connectivity index (χ0n) is 10.6. The van der Waals surface area contributed by atoms with Crippen LogP contribution >= 0.6 is 12.4 Å². The van der Waals surface area contributed by atoms with Crippen molar-refractivity contribution in [3.05, 3.63) is 29.8 Å². The van der Waals surface area contributed by atoms with E-state index in [1.54, 1.807) is 13.0 Å². The Morgan fingerprint density at radius 3 is 2.53 bits per heavy atom. The molecule has 1 aromatic rings. The molecule has 108 valence electrons. The van der Waals surface area contributed by atoms with E-state index in [0.29, 0.717) is 0 Å². The van der Waals surface area contributed by atoms with E-state index in [1.807, 2.05) is 0 Å². The van der Waals surface area contributed by atoms with Crippen molar-refractivity contribution in [1.29, 1.82) is 0 Å². The van der Waals surface area contributed by atoms with Gasteiger partial charge in [0.25, 0.3) is 0 Å². The minimum absolute atomic E-state index is 0. The Hall–Kier alpha value is -1.15. The first-order chi connectivity index (χ1) is 8.42. The highest BCUT2D eigenvalue weighted by Gasteiger charge is 2.23. The van der Waals surface area contributed by atoms with Gasteiger partial charge in [0.1, 0.15) is 0 Å². The molecule has 8 heteroatoms. The maximum atomic E-state index is 12.1. The van der Waals surface area contributed by atoms with Crippen molar-refractivity contribution < 1.29 is 17.9 Å². The number of benzene rings is 1. The van der Waals surface area contributed by atoms with Crippen LogP contribution in [-0.2, 0) is 14.8 Å². The summed E-state index contributed by atoms with van der Waals surface area (Å²) >= 11 is 0. The van der Waals surface area contributed by atoms with Crippen molar-refractivity contribution in [2.75, 3.05) is 13.7 Å². The highest BCUT2D eigenvalue weighted by atomic mass is 35.5. The van der Waals surface area contributed by atoms with Crippen LogP contribution in [0.1, 0.15) is 17.3 Å². The summed E-state index contributed by atoms with van der Waals surface area (Å²) in [7, 11) is -2.59. The maximum Gasteiger partial charge on any atom is 0.339 e. The molecular weight excluding hydrogens is 292 g/mol. The SMILES string of the molecule is COC(=O)c1ccccc1S(=O)(=O)N[C@H](C)CN.Cl. The van der Waals surface area contributed by atoms with Gasteiger partial charge in [-0.3, -0.25) is 0 Å². The number of hydrogen-bond acceptors (Lipinski definition) is 5. The number of nitrogens with two attached hydrogens (primary N) is 1. The third-order valence-electron chi connectivity index (χ3n) is 2.29. The molecule has 0 aliphatic rings. The van der Waals surface area contributed by atoms with E-state index in [4.69, 9.17) is 5.73 Å². The van der Waals surface area contributed by atoms with Crippen molar-refractivity contribution in [3.8, 4) is 0 Å². The quantitative estimate of drug-likeness (QED) is 0.773. The van der Waals surface area contributed by atoms with Crippen LogP contribution in [0, 0.1) is 0 Å². The molecule has 0 aliphatic heterocycles. The Bertz CT molecular complexity index is 533. The molecule has 0 bridgehead atoms. The van der Waals surface area contributed by atoms with Crippen LogP contribution in [0.5, 0.6) is 0 Å². The third kappa shape index (κ3) is 4.46. The van der Waals surface area contributed by atoms with Crippen molar-refractivity contribution >= 4 is 28.4 Å². The van der Waals surface area contributed by atoms with Crippen molar-refractivity contribution in [3.63, 3.8) is 0 Å². The lowest BCUT2D eigenvalue weighted by molar-refractivity contribution is 0.0596. The predicted molar refractivity (Wildman–Crippen MR) is 73.9 cm³/mol. The van der Waals surface area contributed by atoms with Gasteiger partial charge in [-0.25, -0.2) is 17.9 Å². The number of rotatable bonds is 5. The largest absolute Gasteiger partial charge is 0.465 e. The minimum Gasteiger partial charge on any atom is -0.465 e. The number of esters is 1. The van der Waals surface area contributed by atoms with Crippen molar-refractivity contribution in [2.45, 2.75) is 17.9 Å². The third-order valence-corrected chi connectivity index (χ3v) is 3.94. The number of halogens is 1. The molecule has 0 saturated heterocycles. The van der Waals surface area contributed by atoms with E-state index in [-0.39, 0.29) is 29.4 Å². The second-order valence-electron chi connectivity index (χ2n) is 3.75. The normalized spacial score (nSPS) is 12.4. The Balaban J connectivity index is 0.00000324. The molecule has 19 heavy (non-hydrogen) atoms. The minimum atomic E-state index is -3.79. The second-order valence-corrected chi connectivity index (χ2v) is 5.43. The summed E-state index contributed by atoms with van der Waals surface area (Å²) < 4.78 is 31.1. The van der Waals surface area contributed by atoms with Gasteiger partial charge < -0.3 is 10.5 Å². The van der Waals surface area contributed by atoms with Gasteiger partial charge in [0.05, 0.1) is 17.6 Å². The number of sulfonamides is 1. The van der Waals surface area contributed by atoms with Crippen LogP contribution in [-0.4, -0.2) is 34.1 Å². The van der Waals surface area contributed by atoms with Crippen LogP contribution < -0.4 is 10.5 Å². The number of methoxy groups -OCH3 is 1. The van der Waals surface area contributed by atoms with E-state index >= 15 is 0 Å². The molecule has 1 atom stereocenters. The lowest BCUT2D eigenvalue weighted by Gasteiger charge is -2.13. The van der Waals surface area contributed by atoms with Gasteiger partial charge in [0.2, 0.25) is 10.0 Å². The Labute approximate surface area is 118 Å². The lowest BCUT2D eigenvalue weighted by atomic mass is 10.2. The lowest BCUT2D eigenvalue weighted by Crippen LogP contribution is -2.38. The molecule has 0 aromatic heterocycles. The van der Waals surface area contributed by atoms with Gasteiger partial charge in [-0.05, 0) is 19.1 Å². The van der Waals surface area contributed by atoms with Crippen molar-refractivity contribution in [1.82, 2.24) is 4.72 Å². The van der Waals surface area contributed by atoms with E-state index in [2.05, 4.69) is 9.46 Å². The van der Waals surface area contributed by atoms with Crippen molar-refractivity contribution in [2.24, 2.45) is 5.73 Å². The summed E-state index contributed by atoms with van der Waals surface area (Å²) in [4.78, 5) is 11.4. The fourth-order valence-corrected chi connectivity index (χ4v) is 2.81. The van der Waals surface area contributed by atoms with Crippen LogP contribution in [0.2, 0.25) is 0 Å². The number of ether oxygens (including phenoxy) is 1. The molecule has 0 unspecified atom stereocenters. The first-order valence-corrected chi connectivity index (χ1v) is 6.80. The van der Waals surface area contributed by atoms with E-state index in [1.165, 1.54) is 25.3 Å². The van der Waals surface area contributed by atoms with Crippen LogP contribution in [0.25, 0.3) is 0 Å². The predicted octanol–water partition coefficient (Wildman–Crippen LogP) is 0.520. The molecule has 0 aliphatic carbocycles. The average molecular weight is 309 g/mol. The second kappa shape index (κ2) is 7.44. The molecule has 0 radical (unpaired) electrons. The van der Waals surface area contributed by atoms with Gasteiger partial charge in [-0.15, -0.1) is 12.4 Å². The first kappa shape index (κ1) is 17.8. The average Bonchev–Trinajstić information content (AvgIpc) is 2.37. The summed E-state index contributed by atoms with van der Waals surface area (Å²) in [6.45, 7) is 1.80. The molecule has 0 fully saturated rings. The summed E-state index contributed by atoms with van der Waals surface area (Å²) in [5, 5.41) is 0. The number of hydrogen-bond donors (Lipinski definition) is 2. The van der Waals surface area contributed by atoms with Gasteiger partial charge in [0, 0.05) is 12.6 Å². The van der Waals surface area contributed by atoms with Crippen LogP contribution in [0.4, 0.5) is 0 Å². The van der Waals surface area contributed by atoms with E-state index < -0.39 is 22.0 Å². The summed E-state index contributed by atoms with van der Waals surface area (Å²) in [6, 6.07) is 5.43. The van der Waals surface area contributed by atoms with Crippen LogP contribution in [0.3, 0.4) is 0 Å². The molecular formula is C11H17ClN2O4S. The summed E-state index contributed by atoms with van der Waals surface area (Å²) in [6.07, 6.45) is 0. The summed E-state index contributed by atoms with van der Waals surface area (Å²) in [5.41, 5.74) is 5.36. The van der Waals surface area contributed by atoms with E-state index in [9.17, 15) is 13.2 Å². The maximum absolute atomic E-state index is 12.1. The van der Waals surface area contributed by atoms with Gasteiger partial charge in [0.15, 0.2) is 0 Å². The molecule has 0 saturated carbocycles. The van der Waals surface area contributed by atoms with Gasteiger partial charge >= 0.3 is 5.97 Å². The summed E-state index contributed by atoms with van der Waals surface area (Å²) in [5.74, 6) is -0.698.